The first-order chi connectivity index (χ1) is 10.7. The SMILES string of the molecule is O=C(O)c1cc(Cl)cc(C(=O)c2cc(Cl)c(O)c(C(=O)O)c2)c1. The molecule has 0 bridgehead atoms. The summed E-state index contributed by atoms with van der Waals surface area (Å²) >= 11 is 11.5. The number of aromatic carboxylic acids is 2. The molecule has 3 N–H and O–H groups in total. The number of carboxylic acids is 2. The topological polar surface area (TPSA) is 112 Å². The van der Waals surface area contributed by atoms with Crippen LogP contribution >= 0.6 is 23.2 Å². The van der Waals surface area contributed by atoms with Crippen molar-refractivity contribution in [2.75, 3.05) is 0 Å². The lowest BCUT2D eigenvalue weighted by Gasteiger charge is -2.08. The highest BCUT2D eigenvalue weighted by atomic mass is 35.5. The zero-order valence-electron chi connectivity index (χ0n) is 11.2. The largest absolute Gasteiger partial charge is 0.505 e. The maximum absolute atomic E-state index is 12.4. The highest BCUT2D eigenvalue weighted by Crippen LogP contribution is 2.30. The van der Waals surface area contributed by atoms with E-state index in [1.54, 1.807) is 0 Å². The predicted molar refractivity (Wildman–Crippen MR) is 81.9 cm³/mol. The van der Waals surface area contributed by atoms with Crippen LogP contribution in [-0.2, 0) is 0 Å². The van der Waals surface area contributed by atoms with Crippen LogP contribution in [0.4, 0.5) is 0 Å². The third-order valence-corrected chi connectivity index (χ3v) is 3.47. The van der Waals surface area contributed by atoms with Gasteiger partial charge in [-0.3, -0.25) is 4.79 Å². The summed E-state index contributed by atoms with van der Waals surface area (Å²) < 4.78 is 0. The minimum Gasteiger partial charge on any atom is -0.505 e. The molecule has 0 amide bonds. The number of benzene rings is 2. The molecule has 0 atom stereocenters. The Kier molecular flexibility index (Phi) is 4.58. The van der Waals surface area contributed by atoms with Gasteiger partial charge in [-0.05, 0) is 30.3 Å². The second-order valence-electron chi connectivity index (χ2n) is 4.52. The molecule has 0 aliphatic heterocycles. The lowest BCUT2D eigenvalue weighted by atomic mass is 9.99. The number of rotatable bonds is 4. The molecule has 0 spiro atoms. The van der Waals surface area contributed by atoms with Gasteiger partial charge < -0.3 is 15.3 Å². The number of halogens is 2. The second kappa shape index (κ2) is 6.28. The van der Waals surface area contributed by atoms with Crippen molar-refractivity contribution in [3.05, 3.63) is 62.6 Å². The molecule has 0 aliphatic carbocycles. The molecule has 0 heterocycles. The Morgan fingerprint density at radius 2 is 1.35 bits per heavy atom. The zero-order chi connectivity index (χ0) is 17.3. The first-order valence-electron chi connectivity index (χ1n) is 6.05. The third kappa shape index (κ3) is 3.44. The molecule has 2 aromatic carbocycles. The summed E-state index contributed by atoms with van der Waals surface area (Å²) in [6.07, 6.45) is 0. The Hall–Kier alpha value is -2.57. The predicted octanol–water partition coefficient (Wildman–Crippen LogP) is 3.33. The van der Waals surface area contributed by atoms with Gasteiger partial charge >= 0.3 is 11.9 Å². The molecule has 0 aromatic heterocycles. The van der Waals surface area contributed by atoms with Gasteiger partial charge in [-0.15, -0.1) is 0 Å². The van der Waals surface area contributed by atoms with Gasteiger partial charge in [0, 0.05) is 16.1 Å². The number of hydrogen-bond acceptors (Lipinski definition) is 4. The molecule has 2 rings (SSSR count). The summed E-state index contributed by atoms with van der Waals surface area (Å²) in [5.41, 5.74) is -0.901. The molecule has 0 radical (unpaired) electrons. The van der Waals surface area contributed by atoms with Crippen LogP contribution in [0.1, 0.15) is 36.6 Å². The number of carboxylic acid groups (broad SMARTS) is 2. The summed E-state index contributed by atoms with van der Waals surface area (Å²) in [5, 5.41) is 27.3. The smallest absolute Gasteiger partial charge is 0.339 e. The van der Waals surface area contributed by atoms with Gasteiger partial charge in [-0.25, -0.2) is 9.59 Å². The van der Waals surface area contributed by atoms with Crippen LogP contribution in [0.5, 0.6) is 5.75 Å². The lowest BCUT2D eigenvalue weighted by Crippen LogP contribution is -2.07. The molecule has 0 saturated heterocycles. The van der Waals surface area contributed by atoms with Crippen LogP contribution in [-0.4, -0.2) is 33.0 Å². The molecular formula is C15H8Cl2O6. The average Bonchev–Trinajstić information content (AvgIpc) is 2.48. The van der Waals surface area contributed by atoms with E-state index in [1.165, 1.54) is 12.1 Å². The van der Waals surface area contributed by atoms with Crippen molar-refractivity contribution in [2.24, 2.45) is 0 Å². The normalized spacial score (nSPS) is 10.3. The average molecular weight is 355 g/mol. The molecule has 6 nitrogen and oxygen atoms in total. The van der Waals surface area contributed by atoms with E-state index in [2.05, 4.69) is 0 Å². The van der Waals surface area contributed by atoms with E-state index < -0.39 is 29.0 Å². The first kappa shape index (κ1) is 16.8. The minimum atomic E-state index is -1.46. The molecule has 0 aliphatic rings. The van der Waals surface area contributed by atoms with Crippen molar-refractivity contribution in [1.29, 1.82) is 0 Å². The number of aromatic hydroxyl groups is 1. The summed E-state index contributed by atoms with van der Waals surface area (Å²) in [5.74, 6) is -4.07. The molecule has 0 unspecified atom stereocenters. The van der Waals surface area contributed by atoms with E-state index >= 15 is 0 Å². The van der Waals surface area contributed by atoms with Crippen LogP contribution in [0.15, 0.2) is 30.3 Å². The fraction of sp³-hybridized carbons (Fsp3) is 0. The second-order valence-corrected chi connectivity index (χ2v) is 5.37. The zero-order valence-corrected chi connectivity index (χ0v) is 12.7. The number of carbonyl (C=O) groups is 3. The van der Waals surface area contributed by atoms with Gasteiger partial charge in [0.05, 0.1) is 10.6 Å². The summed E-state index contributed by atoms with van der Waals surface area (Å²) in [7, 11) is 0. The number of ketones is 1. The Balaban J connectivity index is 2.57. The van der Waals surface area contributed by atoms with E-state index in [9.17, 15) is 19.5 Å². The van der Waals surface area contributed by atoms with Crippen molar-refractivity contribution in [3.8, 4) is 5.75 Å². The van der Waals surface area contributed by atoms with Gasteiger partial charge in [0.1, 0.15) is 11.3 Å². The summed E-state index contributed by atoms with van der Waals surface area (Å²) in [6, 6.07) is 5.57. The van der Waals surface area contributed by atoms with Gasteiger partial charge in [0.25, 0.3) is 0 Å². The Labute approximate surface area is 139 Å². The van der Waals surface area contributed by atoms with Crippen LogP contribution in [0, 0.1) is 0 Å². The third-order valence-electron chi connectivity index (χ3n) is 2.96. The Bertz CT molecular complexity index is 844. The van der Waals surface area contributed by atoms with Crippen molar-refractivity contribution in [3.63, 3.8) is 0 Å². The van der Waals surface area contributed by atoms with Gasteiger partial charge in [-0.1, -0.05) is 23.2 Å². The first-order valence-corrected chi connectivity index (χ1v) is 6.80. The Morgan fingerprint density at radius 3 is 1.91 bits per heavy atom. The highest BCUT2D eigenvalue weighted by Gasteiger charge is 2.20. The summed E-state index contributed by atoms with van der Waals surface area (Å²) in [6.45, 7) is 0. The fourth-order valence-electron chi connectivity index (χ4n) is 1.90. The van der Waals surface area contributed by atoms with Crippen molar-refractivity contribution < 1.29 is 29.7 Å². The molecule has 23 heavy (non-hydrogen) atoms. The van der Waals surface area contributed by atoms with Crippen LogP contribution < -0.4 is 0 Å². The lowest BCUT2D eigenvalue weighted by molar-refractivity contribution is 0.0684. The molecule has 0 saturated carbocycles. The number of carbonyl (C=O) groups excluding carboxylic acids is 1. The number of hydrogen-bond donors (Lipinski definition) is 3. The molecule has 118 valence electrons. The van der Waals surface area contributed by atoms with Gasteiger partial charge in [0.15, 0.2) is 5.78 Å². The van der Waals surface area contributed by atoms with Gasteiger partial charge in [0.2, 0.25) is 0 Å². The maximum Gasteiger partial charge on any atom is 0.339 e. The monoisotopic (exact) mass is 354 g/mol. The van der Waals surface area contributed by atoms with Crippen LogP contribution in [0.3, 0.4) is 0 Å². The minimum absolute atomic E-state index is 0.0385. The van der Waals surface area contributed by atoms with Crippen LogP contribution in [0.2, 0.25) is 10.0 Å². The van der Waals surface area contributed by atoms with E-state index in [1.807, 2.05) is 0 Å². The molecule has 8 heteroatoms. The standard InChI is InChI=1S/C15H8Cl2O6/c16-9-2-6(1-8(3-9)14(20)21)12(18)7-4-10(15(22)23)13(19)11(17)5-7/h1-5,19H,(H,20,21)(H,22,23). The quantitative estimate of drug-likeness (QED) is 0.726. The van der Waals surface area contributed by atoms with Crippen molar-refractivity contribution >= 4 is 40.9 Å². The van der Waals surface area contributed by atoms with E-state index in [0.29, 0.717) is 0 Å². The molecular weight excluding hydrogens is 347 g/mol. The van der Waals surface area contributed by atoms with Crippen molar-refractivity contribution in [2.45, 2.75) is 0 Å². The van der Waals surface area contributed by atoms with E-state index in [0.717, 1.165) is 18.2 Å². The Morgan fingerprint density at radius 1 is 0.783 bits per heavy atom. The summed E-state index contributed by atoms with van der Waals surface area (Å²) in [4.78, 5) is 34.5. The van der Waals surface area contributed by atoms with E-state index in [-0.39, 0.29) is 26.7 Å². The number of phenols is 1. The molecule has 2 aromatic rings. The van der Waals surface area contributed by atoms with Crippen LogP contribution in [0.25, 0.3) is 0 Å². The van der Waals surface area contributed by atoms with E-state index in [4.69, 9.17) is 33.4 Å². The maximum atomic E-state index is 12.4. The van der Waals surface area contributed by atoms with Crippen molar-refractivity contribution in [1.82, 2.24) is 0 Å². The highest BCUT2D eigenvalue weighted by molar-refractivity contribution is 6.33. The fourth-order valence-corrected chi connectivity index (χ4v) is 2.36. The molecule has 0 fully saturated rings. The van der Waals surface area contributed by atoms with Gasteiger partial charge in [-0.2, -0.15) is 0 Å².